The van der Waals surface area contributed by atoms with E-state index in [1.165, 1.54) is 6.26 Å². The second-order valence-corrected chi connectivity index (χ2v) is 6.70. The maximum Gasteiger partial charge on any atom is 0.289 e. The van der Waals surface area contributed by atoms with Gasteiger partial charge < -0.3 is 19.0 Å². The highest BCUT2D eigenvalue weighted by molar-refractivity contribution is 6.32. The standard InChI is InChI=1S/C19H21ClN2O4/c1-13-5-6-15(20)17(12-13)26-14(2)18(23)21-7-9-22(10-8-21)19(24)16-4-3-11-25-16/h3-6,11-12,14H,7-10H2,1-2H3. The third kappa shape index (κ3) is 4.02. The molecule has 7 heteroatoms. The fourth-order valence-corrected chi connectivity index (χ4v) is 3.05. The molecule has 1 fully saturated rings. The van der Waals surface area contributed by atoms with Gasteiger partial charge in [0.1, 0.15) is 5.75 Å². The summed E-state index contributed by atoms with van der Waals surface area (Å²) < 4.78 is 10.9. The predicted octanol–water partition coefficient (Wildman–Crippen LogP) is 2.99. The molecule has 0 spiro atoms. The number of hydrogen-bond donors (Lipinski definition) is 0. The van der Waals surface area contributed by atoms with Gasteiger partial charge in [0.15, 0.2) is 11.9 Å². The highest BCUT2D eigenvalue weighted by Gasteiger charge is 2.29. The van der Waals surface area contributed by atoms with E-state index in [9.17, 15) is 9.59 Å². The lowest BCUT2D eigenvalue weighted by molar-refractivity contribution is -0.139. The molecule has 138 valence electrons. The van der Waals surface area contributed by atoms with E-state index in [0.29, 0.717) is 42.7 Å². The first-order valence-electron chi connectivity index (χ1n) is 8.50. The number of nitrogens with zero attached hydrogens (tertiary/aromatic N) is 2. The summed E-state index contributed by atoms with van der Waals surface area (Å²) in [6.45, 7) is 5.49. The highest BCUT2D eigenvalue weighted by Crippen LogP contribution is 2.26. The van der Waals surface area contributed by atoms with Crippen LogP contribution in [0.2, 0.25) is 5.02 Å². The predicted molar refractivity (Wildman–Crippen MR) is 97.5 cm³/mol. The lowest BCUT2D eigenvalue weighted by Gasteiger charge is -2.35. The molecule has 1 aromatic heterocycles. The Kier molecular flexibility index (Phi) is 5.52. The second-order valence-electron chi connectivity index (χ2n) is 6.29. The van der Waals surface area contributed by atoms with E-state index in [1.54, 1.807) is 34.9 Å². The van der Waals surface area contributed by atoms with Crippen molar-refractivity contribution in [3.8, 4) is 5.75 Å². The fourth-order valence-electron chi connectivity index (χ4n) is 2.88. The maximum atomic E-state index is 12.6. The van der Waals surface area contributed by atoms with Crippen molar-refractivity contribution in [3.63, 3.8) is 0 Å². The average Bonchev–Trinajstić information content (AvgIpc) is 3.18. The van der Waals surface area contributed by atoms with E-state index < -0.39 is 6.10 Å². The number of carbonyl (C=O) groups excluding carboxylic acids is 2. The monoisotopic (exact) mass is 376 g/mol. The van der Waals surface area contributed by atoms with Crippen LogP contribution in [0.1, 0.15) is 23.0 Å². The Bertz CT molecular complexity index is 783. The van der Waals surface area contributed by atoms with E-state index in [2.05, 4.69) is 0 Å². The number of amides is 2. The van der Waals surface area contributed by atoms with E-state index in [-0.39, 0.29) is 11.8 Å². The highest BCUT2D eigenvalue weighted by atomic mass is 35.5. The first kappa shape index (κ1) is 18.3. The molecule has 2 aromatic rings. The van der Waals surface area contributed by atoms with Crippen molar-refractivity contribution in [2.24, 2.45) is 0 Å². The Morgan fingerprint density at radius 3 is 2.50 bits per heavy atom. The number of piperazine rings is 1. The first-order valence-corrected chi connectivity index (χ1v) is 8.88. The number of benzene rings is 1. The molecule has 1 aliphatic rings. The Labute approximate surface area is 157 Å². The zero-order chi connectivity index (χ0) is 18.7. The Hall–Kier alpha value is -2.47. The number of hydrogen-bond acceptors (Lipinski definition) is 4. The van der Waals surface area contributed by atoms with Crippen molar-refractivity contribution < 1.29 is 18.7 Å². The van der Waals surface area contributed by atoms with Gasteiger partial charge in [0.25, 0.3) is 11.8 Å². The quantitative estimate of drug-likeness (QED) is 0.822. The molecule has 1 unspecified atom stereocenters. The smallest absolute Gasteiger partial charge is 0.289 e. The van der Waals surface area contributed by atoms with Gasteiger partial charge >= 0.3 is 0 Å². The van der Waals surface area contributed by atoms with Crippen LogP contribution in [0.25, 0.3) is 0 Å². The van der Waals surface area contributed by atoms with Crippen LogP contribution in [-0.4, -0.2) is 53.9 Å². The topological polar surface area (TPSA) is 63.0 Å². The van der Waals surface area contributed by atoms with Crippen LogP contribution < -0.4 is 4.74 Å². The molecular formula is C19H21ClN2O4. The molecule has 26 heavy (non-hydrogen) atoms. The minimum atomic E-state index is -0.651. The Balaban J connectivity index is 1.56. The minimum absolute atomic E-state index is 0.118. The van der Waals surface area contributed by atoms with Crippen molar-refractivity contribution in [1.29, 1.82) is 0 Å². The van der Waals surface area contributed by atoms with Gasteiger partial charge in [-0.15, -0.1) is 0 Å². The second kappa shape index (κ2) is 7.83. The number of carbonyl (C=O) groups is 2. The van der Waals surface area contributed by atoms with Crippen LogP contribution in [0.15, 0.2) is 41.0 Å². The van der Waals surface area contributed by atoms with Gasteiger partial charge in [0.2, 0.25) is 0 Å². The summed E-state index contributed by atoms with van der Waals surface area (Å²) in [5.74, 6) is 0.542. The van der Waals surface area contributed by atoms with Gasteiger partial charge in [-0.25, -0.2) is 0 Å². The molecule has 0 radical (unpaired) electrons. The lowest BCUT2D eigenvalue weighted by atomic mass is 10.2. The van der Waals surface area contributed by atoms with Crippen LogP contribution in [-0.2, 0) is 4.79 Å². The van der Waals surface area contributed by atoms with Gasteiger partial charge in [0.05, 0.1) is 11.3 Å². The van der Waals surface area contributed by atoms with Crippen molar-refractivity contribution in [3.05, 3.63) is 52.9 Å². The molecule has 0 bridgehead atoms. The summed E-state index contributed by atoms with van der Waals surface area (Å²) in [5, 5.41) is 0.476. The molecule has 1 saturated heterocycles. The molecule has 0 saturated carbocycles. The van der Waals surface area contributed by atoms with Crippen LogP contribution in [0, 0.1) is 6.92 Å². The number of halogens is 1. The summed E-state index contributed by atoms with van der Waals surface area (Å²) in [4.78, 5) is 28.3. The first-order chi connectivity index (χ1) is 12.5. The Morgan fingerprint density at radius 1 is 1.15 bits per heavy atom. The van der Waals surface area contributed by atoms with Crippen LogP contribution in [0.5, 0.6) is 5.75 Å². The van der Waals surface area contributed by atoms with E-state index in [1.807, 2.05) is 19.1 Å². The summed E-state index contributed by atoms with van der Waals surface area (Å²) in [7, 11) is 0. The van der Waals surface area contributed by atoms with E-state index >= 15 is 0 Å². The third-order valence-corrected chi connectivity index (χ3v) is 4.66. The summed E-state index contributed by atoms with van der Waals surface area (Å²) in [6.07, 6.45) is 0.823. The van der Waals surface area contributed by atoms with Crippen LogP contribution >= 0.6 is 11.6 Å². The largest absolute Gasteiger partial charge is 0.479 e. The Morgan fingerprint density at radius 2 is 1.85 bits per heavy atom. The molecule has 1 aromatic carbocycles. The average molecular weight is 377 g/mol. The van der Waals surface area contributed by atoms with Crippen LogP contribution in [0.3, 0.4) is 0 Å². The molecule has 1 atom stereocenters. The zero-order valence-corrected chi connectivity index (χ0v) is 15.5. The van der Waals surface area contributed by atoms with Crippen molar-refractivity contribution >= 4 is 23.4 Å². The van der Waals surface area contributed by atoms with E-state index in [4.69, 9.17) is 20.8 Å². The molecule has 0 aliphatic carbocycles. The van der Waals surface area contributed by atoms with Crippen molar-refractivity contribution in [2.45, 2.75) is 20.0 Å². The van der Waals surface area contributed by atoms with Gasteiger partial charge in [-0.3, -0.25) is 9.59 Å². The summed E-state index contributed by atoms with van der Waals surface area (Å²) >= 11 is 6.13. The summed E-state index contributed by atoms with van der Waals surface area (Å²) in [6, 6.07) is 8.77. The molecular weight excluding hydrogens is 356 g/mol. The van der Waals surface area contributed by atoms with Gasteiger partial charge in [-0.05, 0) is 43.7 Å². The fraction of sp³-hybridized carbons (Fsp3) is 0.368. The molecule has 6 nitrogen and oxygen atoms in total. The van der Waals surface area contributed by atoms with Crippen LogP contribution in [0.4, 0.5) is 0 Å². The summed E-state index contributed by atoms with van der Waals surface area (Å²) in [5.41, 5.74) is 1.01. The normalized spacial score (nSPS) is 15.7. The van der Waals surface area contributed by atoms with Crippen molar-refractivity contribution in [2.75, 3.05) is 26.2 Å². The molecule has 2 amide bonds. The molecule has 1 aliphatic heterocycles. The SMILES string of the molecule is Cc1ccc(Cl)c(OC(C)C(=O)N2CCN(C(=O)c3ccco3)CC2)c1. The maximum absolute atomic E-state index is 12.6. The number of aryl methyl sites for hydroxylation is 1. The lowest BCUT2D eigenvalue weighted by Crippen LogP contribution is -2.53. The van der Waals surface area contributed by atoms with E-state index in [0.717, 1.165) is 5.56 Å². The minimum Gasteiger partial charge on any atom is -0.479 e. The molecule has 3 rings (SSSR count). The zero-order valence-electron chi connectivity index (χ0n) is 14.8. The molecule has 2 heterocycles. The number of ether oxygens (including phenoxy) is 1. The molecule has 0 N–H and O–H groups in total. The third-order valence-electron chi connectivity index (χ3n) is 4.35. The van der Waals surface area contributed by atoms with Crippen molar-refractivity contribution in [1.82, 2.24) is 9.80 Å². The van der Waals surface area contributed by atoms with Gasteiger partial charge in [-0.1, -0.05) is 17.7 Å². The number of rotatable bonds is 4. The number of furan rings is 1. The van der Waals surface area contributed by atoms with Gasteiger partial charge in [0, 0.05) is 26.2 Å². The van der Waals surface area contributed by atoms with Gasteiger partial charge in [-0.2, -0.15) is 0 Å².